The van der Waals surface area contributed by atoms with E-state index in [1.54, 1.807) is 12.1 Å². The van der Waals surface area contributed by atoms with E-state index < -0.39 is 11.8 Å². The number of furan rings is 1. The number of ketones is 1. The summed E-state index contributed by atoms with van der Waals surface area (Å²) >= 11 is 0. The summed E-state index contributed by atoms with van der Waals surface area (Å²) in [7, 11) is 0. The molecule has 0 radical (unpaired) electrons. The second kappa shape index (κ2) is 7.99. The summed E-state index contributed by atoms with van der Waals surface area (Å²) in [5.41, 5.74) is 2.66. The predicted molar refractivity (Wildman–Crippen MR) is 101 cm³/mol. The number of carbonyl (C=O) groups is 1. The first-order valence-corrected chi connectivity index (χ1v) is 8.65. The third kappa shape index (κ3) is 4.31. The third-order valence-electron chi connectivity index (χ3n) is 4.26. The number of aryl methyl sites for hydroxylation is 1. The van der Waals surface area contributed by atoms with Gasteiger partial charge in [-0.15, -0.1) is 0 Å². The first kappa shape index (κ1) is 18.6. The van der Waals surface area contributed by atoms with Crippen molar-refractivity contribution in [3.63, 3.8) is 0 Å². The summed E-state index contributed by atoms with van der Waals surface area (Å²) in [6.07, 6.45) is 6.99. The van der Waals surface area contributed by atoms with E-state index in [4.69, 9.17) is 9.15 Å². The number of rotatable bonds is 5. The molecule has 0 fully saturated rings. The van der Waals surface area contributed by atoms with Crippen LogP contribution in [-0.2, 0) is 6.42 Å². The fourth-order valence-corrected chi connectivity index (χ4v) is 2.82. The largest absolute Gasteiger partial charge is 0.454 e. The first-order valence-electron chi connectivity index (χ1n) is 8.65. The van der Waals surface area contributed by atoms with Gasteiger partial charge in [0.25, 0.3) is 0 Å². The van der Waals surface area contributed by atoms with Crippen LogP contribution in [0.4, 0.5) is 4.39 Å². The van der Waals surface area contributed by atoms with Crippen molar-refractivity contribution >= 4 is 11.8 Å². The number of allylic oxidation sites excluding steroid dienone is 6. The minimum atomic E-state index is -0.741. The van der Waals surface area contributed by atoms with Gasteiger partial charge in [0.15, 0.2) is 11.6 Å². The van der Waals surface area contributed by atoms with Crippen LogP contribution in [0.25, 0.3) is 0 Å². The molecule has 0 unspecified atom stereocenters. The maximum Gasteiger partial charge on any atom is 0.379 e. The van der Waals surface area contributed by atoms with Gasteiger partial charge < -0.3 is 9.15 Å². The second-order valence-corrected chi connectivity index (χ2v) is 6.23. The van der Waals surface area contributed by atoms with Crippen molar-refractivity contribution in [1.82, 2.24) is 0 Å². The van der Waals surface area contributed by atoms with Crippen molar-refractivity contribution < 1.29 is 23.1 Å². The van der Waals surface area contributed by atoms with E-state index in [0.717, 1.165) is 16.7 Å². The molecule has 1 aliphatic rings. The Morgan fingerprint density at radius 2 is 1.96 bits per heavy atom. The van der Waals surface area contributed by atoms with Crippen LogP contribution >= 0.6 is 0 Å². The smallest absolute Gasteiger partial charge is 0.379 e. The SMILES string of the molecule is CC=C1C=C(CCc2ccc(C(=O)Oc3ccccc3F)o2)C=C(C)C1=[OH+]. The highest BCUT2D eigenvalue weighted by Gasteiger charge is 2.21. The molecule has 1 aliphatic carbocycles. The van der Waals surface area contributed by atoms with Gasteiger partial charge in [-0.3, -0.25) is 4.79 Å². The van der Waals surface area contributed by atoms with Gasteiger partial charge in [0.2, 0.25) is 5.76 Å². The summed E-state index contributed by atoms with van der Waals surface area (Å²) in [5, 5.41) is 0. The molecule has 1 heterocycles. The number of para-hydroxylation sites is 1. The average molecular weight is 367 g/mol. The lowest BCUT2D eigenvalue weighted by Gasteiger charge is -2.08. The molecule has 0 aliphatic heterocycles. The van der Waals surface area contributed by atoms with Crippen LogP contribution in [0.3, 0.4) is 0 Å². The van der Waals surface area contributed by atoms with E-state index in [-0.39, 0.29) is 17.3 Å². The molecule has 0 spiro atoms. The Morgan fingerprint density at radius 1 is 1.19 bits per heavy atom. The Labute approximate surface area is 156 Å². The summed E-state index contributed by atoms with van der Waals surface area (Å²) in [4.78, 5) is 22.1. The van der Waals surface area contributed by atoms with Crippen LogP contribution in [0.1, 0.15) is 36.6 Å². The van der Waals surface area contributed by atoms with E-state index in [9.17, 15) is 14.0 Å². The highest BCUT2D eigenvalue weighted by Crippen LogP contribution is 2.23. The van der Waals surface area contributed by atoms with E-state index in [1.165, 1.54) is 24.3 Å². The lowest BCUT2D eigenvalue weighted by molar-refractivity contribution is 0.0692. The molecule has 27 heavy (non-hydrogen) atoms. The molecule has 2 aromatic rings. The van der Waals surface area contributed by atoms with Crippen LogP contribution in [-0.4, -0.2) is 16.5 Å². The monoisotopic (exact) mass is 367 g/mol. The molecule has 0 atom stereocenters. The predicted octanol–water partition coefficient (Wildman–Crippen LogP) is 4.95. The lowest BCUT2D eigenvalue weighted by Crippen LogP contribution is -2.08. The van der Waals surface area contributed by atoms with Crippen LogP contribution in [0.5, 0.6) is 5.75 Å². The number of hydrogen-bond donors (Lipinski definition) is 0. The van der Waals surface area contributed by atoms with Gasteiger partial charge in [-0.1, -0.05) is 18.2 Å². The molecule has 4 nitrogen and oxygen atoms in total. The molecule has 0 saturated heterocycles. The maximum atomic E-state index is 13.6. The Bertz CT molecular complexity index is 976. The number of ether oxygens (including phenoxy) is 1. The number of benzene rings is 1. The number of hydrogen-bond acceptors (Lipinski definition) is 3. The van der Waals surface area contributed by atoms with Gasteiger partial charge in [-0.25, -0.2) is 9.18 Å². The van der Waals surface area contributed by atoms with Crippen molar-refractivity contribution in [2.75, 3.05) is 0 Å². The summed E-state index contributed by atoms with van der Waals surface area (Å²) in [6, 6.07) is 8.93. The quantitative estimate of drug-likeness (QED) is 0.325. The van der Waals surface area contributed by atoms with Crippen LogP contribution < -0.4 is 4.74 Å². The van der Waals surface area contributed by atoms with Gasteiger partial charge in [-0.2, -0.15) is 0 Å². The molecule has 1 N–H and O–H groups in total. The van der Waals surface area contributed by atoms with Crippen molar-refractivity contribution in [3.05, 3.63) is 88.7 Å². The van der Waals surface area contributed by atoms with Gasteiger partial charge in [0.05, 0.1) is 11.1 Å². The number of halogens is 1. The molecular formula is C22H20FO4+. The van der Waals surface area contributed by atoms with E-state index in [2.05, 4.69) is 0 Å². The molecule has 1 aromatic heterocycles. The van der Waals surface area contributed by atoms with Crippen LogP contribution in [0, 0.1) is 5.82 Å². The van der Waals surface area contributed by atoms with Crippen molar-refractivity contribution in [2.45, 2.75) is 26.7 Å². The zero-order valence-corrected chi connectivity index (χ0v) is 15.2. The van der Waals surface area contributed by atoms with E-state index >= 15 is 0 Å². The van der Waals surface area contributed by atoms with Gasteiger partial charge in [0, 0.05) is 6.42 Å². The normalized spacial score (nSPS) is 15.5. The van der Waals surface area contributed by atoms with E-state index in [1.807, 2.05) is 32.1 Å². The second-order valence-electron chi connectivity index (χ2n) is 6.23. The molecule has 0 bridgehead atoms. The Kier molecular flexibility index (Phi) is 5.50. The molecule has 0 amide bonds. The standard InChI is InChI=1S/C22H19FO4/c1-3-16-13-15(12-14(2)21(16)24)8-9-17-10-11-20(26-17)22(25)27-19-7-5-4-6-18(19)23/h3-7,10-13H,8-9H2,1-2H3/p+1. The van der Waals surface area contributed by atoms with Gasteiger partial charge in [-0.05, 0) is 62.3 Å². The zero-order chi connectivity index (χ0) is 19.4. The van der Waals surface area contributed by atoms with Crippen molar-refractivity contribution in [1.29, 1.82) is 0 Å². The Hall–Kier alpha value is -3.21. The number of carbonyl (C=O) groups excluding carboxylic acids is 2. The highest BCUT2D eigenvalue weighted by atomic mass is 19.1. The summed E-state index contributed by atoms with van der Waals surface area (Å²) < 4.78 is 24.1. The van der Waals surface area contributed by atoms with Gasteiger partial charge in [0.1, 0.15) is 5.76 Å². The number of esters is 1. The summed E-state index contributed by atoms with van der Waals surface area (Å²) in [5.74, 6) is -0.541. The third-order valence-corrected chi connectivity index (χ3v) is 4.26. The molecule has 5 heteroatoms. The molecule has 138 valence electrons. The van der Waals surface area contributed by atoms with Crippen molar-refractivity contribution in [3.8, 4) is 5.75 Å². The van der Waals surface area contributed by atoms with E-state index in [0.29, 0.717) is 18.6 Å². The minimum Gasteiger partial charge on any atom is -0.454 e. The van der Waals surface area contributed by atoms with Crippen molar-refractivity contribution in [2.24, 2.45) is 0 Å². The minimum absolute atomic E-state index is 0.0257. The molecule has 0 saturated carbocycles. The Morgan fingerprint density at radius 3 is 2.70 bits per heavy atom. The lowest BCUT2D eigenvalue weighted by atomic mass is 9.92. The summed E-state index contributed by atoms with van der Waals surface area (Å²) in [6.45, 7) is 3.73. The zero-order valence-electron chi connectivity index (χ0n) is 15.2. The molecule has 1 aromatic carbocycles. The van der Waals surface area contributed by atoms with Crippen LogP contribution in [0.15, 0.2) is 75.8 Å². The average Bonchev–Trinajstić information content (AvgIpc) is 3.13. The fraction of sp³-hybridized carbons (Fsp3) is 0.182. The maximum absolute atomic E-state index is 13.6. The molecular weight excluding hydrogens is 347 g/mol. The van der Waals surface area contributed by atoms with Gasteiger partial charge >= 0.3 is 11.8 Å². The Balaban J connectivity index is 1.64. The fourth-order valence-electron chi connectivity index (χ4n) is 2.82. The first-order chi connectivity index (χ1) is 13.0. The topological polar surface area (TPSA) is 60.8 Å². The molecule has 3 rings (SSSR count). The highest BCUT2D eigenvalue weighted by molar-refractivity contribution is 6.12. The van der Waals surface area contributed by atoms with Crippen LogP contribution in [0.2, 0.25) is 0 Å².